The topological polar surface area (TPSA) is 114 Å². The van der Waals surface area contributed by atoms with E-state index in [2.05, 4.69) is 14.7 Å². The number of halogens is 3. The van der Waals surface area contributed by atoms with Crippen molar-refractivity contribution in [3.63, 3.8) is 0 Å². The van der Waals surface area contributed by atoms with Crippen LogP contribution in [0.25, 0.3) is 10.9 Å². The van der Waals surface area contributed by atoms with Gasteiger partial charge in [0.15, 0.2) is 0 Å². The average molecular weight is 443 g/mol. The number of H-pyrrole nitrogens is 1. The minimum absolute atomic E-state index is 0.0571. The third-order valence-electron chi connectivity index (χ3n) is 4.53. The number of rotatable bonds is 3. The van der Waals surface area contributed by atoms with E-state index in [1.807, 2.05) is 4.90 Å². The van der Waals surface area contributed by atoms with Gasteiger partial charge in [0.05, 0.1) is 10.9 Å². The van der Waals surface area contributed by atoms with Crippen molar-refractivity contribution in [2.75, 3.05) is 31.9 Å². The molecule has 3 rings (SSSR count). The van der Waals surface area contributed by atoms with Crippen LogP contribution in [0.1, 0.15) is 26.3 Å². The van der Waals surface area contributed by atoms with Gasteiger partial charge in [0, 0.05) is 32.7 Å². The highest BCUT2D eigenvalue weighted by Gasteiger charge is 2.32. The molecule has 0 radical (unpaired) electrons. The van der Waals surface area contributed by atoms with Crippen LogP contribution in [0.5, 0.6) is 5.75 Å². The largest absolute Gasteiger partial charge is 0.573 e. The molecule has 1 fully saturated rings. The number of nitrogens with one attached hydrogen (secondary N) is 1. The highest BCUT2D eigenvalue weighted by molar-refractivity contribution is 5.83. The first-order valence-corrected chi connectivity index (χ1v) is 9.59. The Hall–Kier alpha value is -3.02. The fourth-order valence-corrected chi connectivity index (χ4v) is 3.27. The minimum Gasteiger partial charge on any atom is -0.444 e. The molecule has 1 aromatic carbocycles. The molecule has 1 aromatic heterocycles. The molecule has 3 N–H and O–H groups in total. The highest BCUT2D eigenvalue weighted by Crippen LogP contribution is 2.28. The molecule has 12 heteroatoms. The first kappa shape index (κ1) is 22.7. The first-order valence-electron chi connectivity index (χ1n) is 9.59. The predicted octanol–water partition coefficient (Wildman–Crippen LogP) is 2.46. The van der Waals surface area contributed by atoms with Crippen molar-refractivity contribution in [3.05, 3.63) is 28.0 Å². The monoisotopic (exact) mass is 443 g/mol. The van der Waals surface area contributed by atoms with Crippen molar-refractivity contribution in [3.8, 4) is 5.75 Å². The van der Waals surface area contributed by atoms with Crippen molar-refractivity contribution in [1.82, 2.24) is 19.8 Å². The van der Waals surface area contributed by atoms with Crippen LogP contribution >= 0.6 is 0 Å². The van der Waals surface area contributed by atoms with Gasteiger partial charge in [-0.2, -0.15) is 0 Å². The third-order valence-corrected chi connectivity index (χ3v) is 4.53. The van der Waals surface area contributed by atoms with Crippen LogP contribution in [0.15, 0.2) is 16.9 Å². The Bertz CT molecular complexity index is 1020. The number of nitrogens with zero attached hydrogens (tertiary/aromatic N) is 3. The van der Waals surface area contributed by atoms with E-state index >= 15 is 0 Å². The zero-order chi connectivity index (χ0) is 23.0. The Morgan fingerprint density at radius 3 is 2.42 bits per heavy atom. The van der Waals surface area contributed by atoms with E-state index in [1.54, 1.807) is 25.7 Å². The first-order chi connectivity index (χ1) is 14.3. The molecule has 1 amide bonds. The van der Waals surface area contributed by atoms with Gasteiger partial charge in [0.2, 0.25) is 5.95 Å². The predicted molar refractivity (Wildman–Crippen MR) is 107 cm³/mol. The molecule has 0 saturated carbocycles. The maximum Gasteiger partial charge on any atom is 0.573 e. The Labute approximate surface area is 175 Å². The number of alkyl halides is 3. The number of aromatic amines is 1. The number of hydrogen-bond donors (Lipinski definition) is 2. The van der Waals surface area contributed by atoms with Crippen LogP contribution in [0.4, 0.5) is 23.9 Å². The second kappa shape index (κ2) is 8.25. The number of ether oxygens (including phenoxy) is 2. The Balaban J connectivity index is 1.81. The second-order valence-electron chi connectivity index (χ2n) is 8.22. The molecule has 0 aliphatic carbocycles. The Morgan fingerprint density at radius 2 is 1.84 bits per heavy atom. The fraction of sp³-hybridized carbons (Fsp3) is 0.526. The lowest BCUT2D eigenvalue weighted by Gasteiger charge is -2.35. The number of carbonyl (C=O) groups excluding carboxylic acids is 1. The van der Waals surface area contributed by atoms with E-state index in [-0.39, 0.29) is 23.4 Å². The van der Waals surface area contributed by atoms with Crippen LogP contribution in [0.3, 0.4) is 0 Å². The quantitative estimate of drug-likeness (QED) is 0.749. The number of aromatic nitrogens is 2. The summed E-state index contributed by atoms with van der Waals surface area (Å²) in [5.41, 5.74) is 4.91. The standard InChI is InChI=1S/C19H24F3N5O4/c1-18(2,3)31-17(29)27-6-4-26(5-7-27)10-11-8-12(30-19(20,21)22)9-13-14(11)24-16(23)25-15(13)28/h8-9H,4-7,10H2,1-3H3,(H3,23,24,25,28). The molecule has 170 valence electrons. The lowest BCUT2D eigenvalue weighted by atomic mass is 10.1. The second-order valence-corrected chi connectivity index (χ2v) is 8.22. The summed E-state index contributed by atoms with van der Waals surface area (Å²) in [6.07, 6.45) is -5.32. The van der Waals surface area contributed by atoms with E-state index in [0.29, 0.717) is 31.7 Å². The van der Waals surface area contributed by atoms with E-state index in [1.165, 1.54) is 6.07 Å². The molecule has 0 spiro atoms. The number of anilines is 1. The number of nitrogen functional groups attached to an aromatic ring is 1. The molecule has 0 unspecified atom stereocenters. The molecular formula is C19H24F3N5O4. The van der Waals surface area contributed by atoms with Crippen LogP contribution < -0.4 is 16.0 Å². The van der Waals surface area contributed by atoms with E-state index in [0.717, 1.165) is 6.07 Å². The maximum atomic E-state index is 12.7. The summed E-state index contributed by atoms with van der Waals surface area (Å²) in [6.45, 7) is 7.24. The molecule has 0 atom stereocenters. The van der Waals surface area contributed by atoms with Crippen LogP contribution in [0, 0.1) is 0 Å². The fourth-order valence-electron chi connectivity index (χ4n) is 3.27. The van der Waals surface area contributed by atoms with E-state index in [4.69, 9.17) is 10.5 Å². The van der Waals surface area contributed by atoms with Gasteiger partial charge >= 0.3 is 12.5 Å². The zero-order valence-electron chi connectivity index (χ0n) is 17.4. The van der Waals surface area contributed by atoms with Gasteiger partial charge in [-0.25, -0.2) is 9.78 Å². The van der Waals surface area contributed by atoms with Crippen molar-refractivity contribution in [1.29, 1.82) is 0 Å². The summed E-state index contributed by atoms with van der Waals surface area (Å²) in [7, 11) is 0. The van der Waals surface area contributed by atoms with Crippen LogP contribution in [-0.2, 0) is 11.3 Å². The number of nitrogens with two attached hydrogens (primary N) is 1. The molecule has 0 bridgehead atoms. The summed E-state index contributed by atoms with van der Waals surface area (Å²) in [5.74, 6) is -0.655. The molecule has 9 nitrogen and oxygen atoms in total. The van der Waals surface area contributed by atoms with Gasteiger partial charge in [-0.15, -0.1) is 13.2 Å². The number of piperazine rings is 1. The maximum absolute atomic E-state index is 12.7. The van der Waals surface area contributed by atoms with Crippen LogP contribution in [-0.4, -0.2) is 64.0 Å². The third kappa shape index (κ3) is 6.00. The summed E-state index contributed by atoms with van der Waals surface area (Å²) in [4.78, 5) is 34.3. The molecular weight excluding hydrogens is 419 g/mol. The summed E-state index contributed by atoms with van der Waals surface area (Å²) in [6, 6.07) is 2.18. The Kier molecular flexibility index (Phi) is 6.03. The van der Waals surface area contributed by atoms with Crippen molar-refractivity contribution < 1.29 is 27.4 Å². The number of fused-ring (bicyclic) bond motifs is 1. The minimum atomic E-state index is -4.90. The van der Waals surface area contributed by atoms with Gasteiger partial charge in [0.25, 0.3) is 5.56 Å². The van der Waals surface area contributed by atoms with E-state index in [9.17, 15) is 22.8 Å². The van der Waals surface area contributed by atoms with Crippen molar-refractivity contribution in [2.45, 2.75) is 39.3 Å². The number of amides is 1. The lowest BCUT2D eigenvalue weighted by molar-refractivity contribution is -0.274. The number of hydrogen-bond acceptors (Lipinski definition) is 7. The van der Waals surface area contributed by atoms with Crippen molar-refractivity contribution in [2.24, 2.45) is 0 Å². The molecule has 31 heavy (non-hydrogen) atoms. The van der Waals surface area contributed by atoms with Gasteiger partial charge in [-0.1, -0.05) is 0 Å². The molecule has 1 aliphatic heterocycles. The SMILES string of the molecule is CC(C)(C)OC(=O)N1CCN(Cc2cc(OC(F)(F)F)cc3c(=O)[nH]c(N)nc23)CC1. The smallest absolute Gasteiger partial charge is 0.444 e. The molecule has 1 aliphatic rings. The van der Waals surface area contributed by atoms with Gasteiger partial charge < -0.3 is 20.1 Å². The van der Waals surface area contributed by atoms with Gasteiger partial charge in [0.1, 0.15) is 11.4 Å². The Morgan fingerprint density at radius 1 is 1.19 bits per heavy atom. The summed E-state index contributed by atoms with van der Waals surface area (Å²) in [5, 5.41) is -0.0571. The lowest BCUT2D eigenvalue weighted by Crippen LogP contribution is -2.49. The highest BCUT2D eigenvalue weighted by atomic mass is 19.4. The summed E-state index contributed by atoms with van der Waals surface area (Å²) < 4.78 is 47.6. The van der Waals surface area contributed by atoms with Gasteiger partial charge in [-0.3, -0.25) is 14.7 Å². The van der Waals surface area contributed by atoms with Gasteiger partial charge in [-0.05, 0) is 38.5 Å². The average Bonchev–Trinajstić information content (AvgIpc) is 2.60. The molecule has 1 saturated heterocycles. The molecule has 2 aromatic rings. The molecule has 2 heterocycles. The van der Waals surface area contributed by atoms with E-state index < -0.39 is 29.4 Å². The number of carbonyl (C=O) groups is 1. The van der Waals surface area contributed by atoms with Crippen molar-refractivity contribution >= 4 is 22.9 Å². The number of benzene rings is 1. The summed E-state index contributed by atoms with van der Waals surface area (Å²) >= 11 is 0. The van der Waals surface area contributed by atoms with Crippen LogP contribution in [0.2, 0.25) is 0 Å². The normalized spacial score (nSPS) is 15.9. The zero-order valence-corrected chi connectivity index (χ0v) is 17.4.